The summed E-state index contributed by atoms with van der Waals surface area (Å²) in [6.45, 7) is 0. The minimum atomic E-state index is -4.40. The summed E-state index contributed by atoms with van der Waals surface area (Å²) in [4.78, 5) is 16.2. The first-order chi connectivity index (χ1) is 15.0. The van der Waals surface area contributed by atoms with Gasteiger partial charge in [-0.15, -0.1) is 0 Å². The van der Waals surface area contributed by atoms with Gasteiger partial charge in [0.15, 0.2) is 0 Å². The molecule has 31 heavy (non-hydrogen) atoms. The molecule has 156 valence electrons. The van der Waals surface area contributed by atoms with Gasteiger partial charge in [-0.25, -0.2) is 4.98 Å². The first kappa shape index (κ1) is 20.4. The molecular formula is C24H18F3N3O. The van der Waals surface area contributed by atoms with Gasteiger partial charge in [0.2, 0.25) is 0 Å². The number of pyridine rings is 1. The maximum Gasteiger partial charge on any atom is 0.416 e. The van der Waals surface area contributed by atoms with Gasteiger partial charge in [0.05, 0.1) is 5.56 Å². The number of aromatic nitrogens is 1. The number of hydrogen-bond donors (Lipinski definition) is 2. The van der Waals surface area contributed by atoms with E-state index in [4.69, 9.17) is 0 Å². The molecule has 1 aliphatic heterocycles. The second-order valence-corrected chi connectivity index (χ2v) is 6.95. The molecule has 0 saturated carbocycles. The lowest BCUT2D eigenvalue weighted by molar-refractivity contribution is -0.137. The van der Waals surface area contributed by atoms with E-state index in [1.807, 2.05) is 36.4 Å². The molecule has 1 atom stereocenters. The summed E-state index contributed by atoms with van der Waals surface area (Å²) in [5.41, 5.74) is 2.67. The fraction of sp³-hybridized carbons (Fsp3) is 0.0833. The molecule has 2 aromatic carbocycles. The summed E-state index contributed by atoms with van der Waals surface area (Å²) >= 11 is 0. The highest BCUT2D eigenvalue weighted by Crippen LogP contribution is 2.34. The zero-order valence-electron chi connectivity index (χ0n) is 16.2. The molecule has 2 N–H and O–H groups in total. The first-order valence-corrected chi connectivity index (χ1v) is 9.54. The van der Waals surface area contributed by atoms with E-state index in [-0.39, 0.29) is 0 Å². The van der Waals surface area contributed by atoms with Crippen molar-refractivity contribution in [3.63, 3.8) is 0 Å². The zero-order chi connectivity index (χ0) is 21.8. The van der Waals surface area contributed by atoms with Gasteiger partial charge in [-0.2, -0.15) is 13.2 Å². The number of carbonyl (C=O) groups excluding carboxylic acids is 1. The highest BCUT2D eigenvalue weighted by molar-refractivity contribution is 5.83. The van der Waals surface area contributed by atoms with E-state index in [2.05, 4.69) is 15.6 Å². The van der Waals surface area contributed by atoms with Gasteiger partial charge in [0, 0.05) is 23.0 Å². The Morgan fingerprint density at radius 2 is 1.84 bits per heavy atom. The van der Waals surface area contributed by atoms with Crippen LogP contribution in [0.1, 0.15) is 33.9 Å². The number of hydrogen-bond acceptors (Lipinski definition) is 4. The van der Waals surface area contributed by atoms with Crippen molar-refractivity contribution in [2.24, 2.45) is 0 Å². The average molecular weight is 421 g/mol. The molecular weight excluding hydrogens is 403 g/mol. The third kappa shape index (κ3) is 4.50. The number of rotatable bonds is 5. The van der Waals surface area contributed by atoms with Crippen molar-refractivity contribution in [2.75, 3.05) is 5.32 Å². The van der Waals surface area contributed by atoms with Crippen LogP contribution in [0.3, 0.4) is 0 Å². The third-order valence-electron chi connectivity index (χ3n) is 4.87. The van der Waals surface area contributed by atoms with Crippen molar-refractivity contribution in [1.29, 1.82) is 0 Å². The Hall–Kier alpha value is -3.87. The molecule has 2 heterocycles. The van der Waals surface area contributed by atoms with Gasteiger partial charge >= 0.3 is 6.18 Å². The summed E-state index contributed by atoms with van der Waals surface area (Å²) in [7, 11) is 0. The number of nitrogens with zero attached hydrogens (tertiary/aromatic N) is 1. The smallest absolute Gasteiger partial charge is 0.378 e. The molecule has 0 amide bonds. The Labute approximate surface area is 177 Å². The molecule has 1 unspecified atom stereocenters. The van der Waals surface area contributed by atoms with Crippen LogP contribution in [0, 0.1) is 0 Å². The zero-order valence-corrected chi connectivity index (χ0v) is 16.2. The van der Waals surface area contributed by atoms with Gasteiger partial charge in [0.1, 0.15) is 18.1 Å². The second kappa shape index (κ2) is 8.47. The standard InChI is InChI=1S/C24H18F3N3O/c25-24(26,27)18-6-4-5-16(13-18)9-10-17-14-29-23(30-19-7-2-1-3-8-19)22-20(17)11-12-28-21(22)15-31/h1-15,21,28H,(H,29,30)/b10-9+. The van der Waals surface area contributed by atoms with Gasteiger partial charge in [-0.1, -0.05) is 42.5 Å². The monoisotopic (exact) mass is 421 g/mol. The van der Waals surface area contributed by atoms with Crippen LogP contribution in [0.2, 0.25) is 0 Å². The van der Waals surface area contributed by atoms with E-state index >= 15 is 0 Å². The number of benzene rings is 2. The number of carbonyl (C=O) groups is 1. The number of nitrogens with one attached hydrogen (secondary N) is 2. The van der Waals surface area contributed by atoms with Gasteiger partial charge in [-0.05, 0) is 47.7 Å². The lowest BCUT2D eigenvalue weighted by Gasteiger charge is -2.23. The quantitative estimate of drug-likeness (QED) is 0.509. The summed E-state index contributed by atoms with van der Waals surface area (Å²) in [5, 5.41) is 6.23. The molecule has 1 aliphatic rings. The summed E-state index contributed by atoms with van der Waals surface area (Å²) in [5.74, 6) is 0.534. The predicted molar refractivity (Wildman–Crippen MR) is 115 cm³/mol. The largest absolute Gasteiger partial charge is 0.416 e. The molecule has 0 fully saturated rings. The van der Waals surface area contributed by atoms with Crippen LogP contribution in [-0.2, 0) is 11.0 Å². The molecule has 3 aromatic rings. The Balaban J connectivity index is 1.72. The van der Waals surface area contributed by atoms with Gasteiger partial charge in [-0.3, -0.25) is 0 Å². The molecule has 7 heteroatoms. The van der Waals surface area contributed by atoms with Crippen molar-refractivity contribution in [2.45, 2.75) is 12.2 Å². The molecule has 0 saturated heterocycles. The molecule has 0 radical (unpaired) electrons. The third-order valence-corrected chi connectivity index (χ3v) is 4.87. The lowest BCUT2D eigenvalue weighted by atomic mass is 9.94. The van der Waals surface area contributed by atoms with Gasteiger partial charge < -0.3 is 15.4 Å². The van der Waals surface area contributed by atoms with Crippen molar-refractivity contribution in [3.05, 3.63) is 94.8 Å². The molecule has 0 bridgehead atoms. The van der Waals surface area contributed by atoms with Crippen molar-refractivity contribution in [1.82, 2.24) is 10.3 Å². The summed E-state index contributed by atoms with van der Waals surface area (Å²) < 4.78 is 38.9. The molecule has 4 nitrogen and oxygen atoms in total. The van der Waals surface area contributed by atoms with E-state index in [1.165, 1.54) is 6.07 Å². The molecule has 4 rings (SSSR count). The Kier molecular flexibility index (Phi) is 5.58. The average Bonchev–Trinajstić information content (AvgIpc) is 2.78. The van der Waals surface area contributed by atoms with E-state index < -0.39 is 17.8 Å². The molecule has 1 aromatic heterocycles. The number of aldehydes is 1. The predicted octanol–water partition coefficient (Wildman–Crippen LogP) is 5.83. The van der Waals surface area contributed by atoms with Crippen molar-refractivity contribution in [3.8, 4) is 0 Å². The number of fused-ring (bicyclic) bond motifs is 1. The highest BCUT2D eigenvalue weighted by Gasteiger charge is 2.30. The second-order valence-electron chi connectivity index (χ2n) is 6.95. The fourth-order valence-electron chi connectivity index (χ4n) is 3.38. The number of anilines is 2. The topological polar surface area (TPSA) is 54.0 Å². The minimum absolute atomic E-state index is 0.417. The van der Waals surface area contributed by atoms with E-state index in [0.29, 0.717) is 22.5 Å². The normalized spacial score (nSPS) is 15.4. The van der Waals surface area contributed by atoms with Crippen LogP contribution in [0.25, 0.3) is 18.2 Å². The number of alkyl halides is 3. The van der Waals surface area contributed by atoms with Crippen LogP contribution in [0.4, 0.5) is 24.7 Å². The van der Waals surface area contributed by atoms with Crippen molar-refractivity contribution < 1.29 is 18.0 Å². The molecule has 0 spiro atoms. The van der Waals surface area contributed by atoms with E-state index in [0.717, 1.165) is 29.7 Å². The van der Waals surface area contributed by atoms with E-state index in [9.17, 15) is 18.0 Å². The fourth-order valence-corrected chi connectivity index (χ4v) is 3.38. The van der Waals surface area contributed by atoms with Crippen LogP contribution in [-0.4, -0.2) is 11.3 Å². The maximum atomic E-state index is 13.0. The Bertz CT molecular complexity index is 1150. The number of para-hydroxylation sites is 1. The summed E-state index contributed by atoms with van der Waals surface area (Å²) in [6.07, 6.45) is 4.81. The SMILES string of the molecule is O=CC1NC=Cc2c(/C=C/c3cccc(C(F)(F)F)c3)cnc(Nc3ccccc3)c21. The first-order valence-electron chi connectivity index (χ1n) is 9.54. The Morgan fingerprint density at radius 3 is 2.58 bits per heavy atom. The highest BCUT2D eigenvalue weighted by atomic mass is 19.4. The van der Waals surface area contributed by atoms with Crippen molar-refractivity contribution >= 4 is 36.0 Å². The van der Waals surface area contributed by atoms with Crippen LogP contribution >= 0.6 is 0 Å². The maximum absolute atomic E-state index is 13.0. The summed E-state index contributed by atoms with van der Waals surface area (Å²) in [6, 6.07) is 13.9. The van der Waals surface area contributed by atoms with Crippen LogP contribution in [0.5, 0.6) is 0 Å². The van der Waals surface area contributed by atoms with Gasteiger partial charge in [0.25, 0.3) is 0 Å². The molecule has 0 aliphatic carbocycles. The Morgan fingerprint density at radius 1 is 1.03 bits per heavy atom. The van der Waals surface area contributed by atoms with Crippen LogP contribution in [0.15, 0.2) is 67.0 Å². The number of halogens is 3. The van der Waals surface area contributed by atoms with E-state index in [1.54, 1.807) is 30.6 Å². The lowest BCUT2D eigenvalue weighted by Crippen LogP contribution is -2.23. The minimum Gasteiger partial charge on any atom is -0.378 e. The van der Waals surface area contributed by atoms with Crippen LogP contribution < -0.4 is 10.6 Å².